The standard InChI is InChI=1S/C49H71N11O11S/c1-6-30(5)43-48(70)56-33(15-16-38(50)61)44(66)45(67)35(24-39(51)62)59-58-34(17-19-72-20-18-41(64)54-37(47(69)57-43)23-31-12-8-7-9-13-31)49(71)60(26-32-14-10-11-29(4)22-32)27-42(65)55-36(21-28(2)3)46(68)53-25-40(52)63/h7-14,22,28,30,33-37,43,58-59H,6,15-21,23-27H2,1-5H3,(H2,50,61)(H2,51,62)(H2,52,63)(H,53,68)(H,54,64)(H,55,65)(H,56,70)(H,57,69)/t30-,33-,34-,35-,36-,37-,43-/m0/s1. The first-order valence-corrected chi connectivity index (χ1v) is 25.1. The maximum absolute atomic E-state index is 14.9. The Morgan fingerprint density at radius 3 is 2.08 bits per heavy atom. The summed E-state index contributed by atoms with van der Waals surface area (Å²) in [6.07, 6.45) is -1.20. The Kier molecular flexibility index (Phi) is 25.0. The van der Waals surface area contributed by atoms with E-state index in [1.807, 2.05) is 26.8 Å². The number of rotatable bonds is 20. The minimum Gasteiger partial charge on any atom is -0.370 e. The Labute approximate surface area is 423 Å². The quantitative estimate of drug-likeness (QED) is 0.0700. The molecule has 0 saturated carbocycles. The fourth-order valence-corrected chi connectivity index (χ4v) is 8.59. The van der Waals surface area contributed by atoms with Crippen molar-refractivity contribution in [3.8, 4) is 0 Å². The van der Waals surface area contributed by atoms with Crippen LogP contribution in [-0.2, 0) is 65.7 Å². The lowest BCUT2D eigenvalue weighted by molar-refractivity contribution is -0.142. The van der Waals surface area contributed by atoms with Gasteiger partial charge in [-0.1, -0.05) is 94.3 Å². The summed E-state index contributed by atoms with van der Waals surface area (Å²) in [5.41, 5.74) is 23.8. The van der Waals surface area contributed by atoms with Crippen LogP contribution < -0.4 is 54.6 Å². The highest BCUT2D eigenvalue weighted by molar-refractivity contribution is 7.99. The van der Waals surface area contributed by atoms with Gasteiger partial charge >= 0.3 is 0 Å². The van der Waals surface area contributed by atoms with E-state index in [2.05, 4.69) is 37.4 Å². The number of hydrogen-bond donors (Lipinski definition) is 10. The van der Waals surface area contributed by atoms with Crippen molar-refractivity contribution in [3.05, 3.63) is 71.3 Å². The molecule has 0 bridgehead atoms. The van der Waals surface area contributed by atoms with Gasteiger partial charge < -0.3 is 48.7 Å². The molecule has 1 fully saturated rings. The minimum atomic E-state index is -1.74. The van der Waals surface area contributed by atoms with Gasteiger partial charge in [0.1, 0.15) is 24.2 Å². The fraction of sp³-hybridized carbons (Fsp3) is 0.531. The molecule has 2 aromatic carbocycles. The Hall–Kier alpha value is -6.72. The lowest BCUT2D eigenvalue weighted by Gasteiger charge is -2.30. The van der Waals surface area contributed by atoms with E-state index in [0.29, 0.717) is 17.5 Å². The first-order chi connectivity index (χ1) is 34.1. The molecule has 1 saturated heterocycles. The van der Waals surface area contributed by atoms with Crippen molar-refractivity contribution < 1.29 is 52.7 Å². The van der Waals surface area contributed by atoms with Crippen molar-refractivity contribution in [2.24, 2.45) is 29.0 Å². The number of amides is 9. The Balaban J connectivity index is 2.10. The number of ketones is 2. The molecule has 0 aromatic heterocycles. The number of nitrogens with two attached hydrogens (primary N) is 3. The van der Waals surface area contributed by atoms with Crippen LogP contribution >= 0.6 is 11.8 Å². The van der Waals surface area contributed by atoms with E-state index in [9.17, 15) is 52.7 Å². The van der Waals surface area contributed by atoms with Gasteiger partial charge in [-0.3, -0.25) is 52.7 Å². The number of thioether (sulfide) groups is 1. The third-order valence-corrected chi connectivity index (χ3v) is 12.7. The summed E-state index contributed by atoms with van der Waals surface area (Å²) in [7, 11) is 0. The van der Waals surface area contributed by atoms with E-state index in [4.69, 9.17) is 17.2 Å². The lowest BCUT2D eigenvalue weighted by Crippen LogP contribution is -2.61. The molecule has 1 aliphatic rings. The van der Waals surface area contributed by atoms with Gasteiger partial charge in [0, 0.05) is 31.6 Å². The summed E-state index contributed by atoms with van der Waals surface area (Å²) in [4.78, 5) is 149. The lowest BCUT2D eigenvalue weighted by atomic mass is 9.94. The van der Waals surface area contributed by atoms with Crippen molar-refractivity contribution >= 4 is 76.5 Å². The second-order valence-corrected chi connectivity index (χ2v) is 19.5. The zero-order chi connectivity index (χ0) is 53.5. The Bertz CT molecular complexity index is 2250. The third kappa shape index (κ3) is 20.9. The van der Waals surface area contributed by atoms with Crippen molar-refractivity contribution in [2.75, 3.05) is 24.6 Å². The third-order valence-electron chi connectivity index (χ3n) is 11.7. The van der Waals surface area contributed by atoms with Crippen molar-refractivity contribution in [1.29, 1.82) is 0 Å². The highest BCUT2D eigenvalue weighted by Crippen LogP contribution is 2.16. The van der Waals surface area contributed by atoms with Crippen molar-refractivity contribution in [1.82, 2.24) is 42.3 Å². The molecule has 0 radical (unpaired) electrons. The number of nitrogens with zero attached hydrogens (tertiary/aromatic N) is 1. The number of nitrogens with one attached hydrogen (secondary N) is 7. The summed E-state index contributed by atoms with van der Waals surface area (Å²) in [6.45, 7) is 7.75. The highest BCUT2D eigenvalue weighted by atomic mass is 32.2. The molecule has 72 heavy (non-hydrogen) atoms. The highest BCUT2D eigenvalue weighted by Gasteiger charge is 2.38. The summed E-state index contributed by atoms with van der Waals surface area (Å²) in [5, 5.41) is 13.1. The topological polar surface area (TPSA) is 353 Å². The first kappa shape index (κ1) is 59.6. The van der Waals surface area contributed by atoms with E-state index < -0.39 is 139 Å². The van der Waals surface area contributed by atoms with Crippen LogP contribution in [0, 0.1) is 18.8 Å². The summed E-state index contributed by atoms with van der Waals surface area (Å²) in [6, 6.07) is 7.71. The zero-order valence-electron chi connectivity index (χ0n) is 41.6. The van der Waals surface area contributed by atoms with E-state index >= 15 is 0 Å². The number of aryl methyl sites for hydroxylation is 1. The van der Waals surface area contributed by atoms with Gasteiger partial charge in [0.05, 0.1) is 31.6 Å². The number of primary amides is 3. The molecular weight excluding hydrogens is 951 g/mol. The van der Waals surface area contributed by atoms with E-state index in [-0.39, 0.29) is 49.7 Å². The molecule has 394 valence electrons. The second-order valence-electron chi connectivity index (χ2n) is 18.3. The normalized spacial score (nSPS) is 20.7. The fourth-order valence-electron chi connectivity index (χ4n) is 7.66. The molecule has 13 N–H and O–H groups in total. The monoisotopic (exact) mass is 1020 g/mol. The second kappa shape index (κ2) is 30.2. The molecule has 9 amide bonds. The summed E-state index contributed by atoms with van der Waals surface area (Å²) >= 11 is 1.27. The molecule has 7 atom stereocenters. The van der Waals surface area contributed by atoms with Gasteiger partial charge in [-0.2, -0.15) is 11.8 Å². The number of Topliss-reactive ketones (excluding diaryl/α,β-unsaturated/α-hetero) is 2. The van der Waals surface area contributed by atoms with Crippen LogP contribution in [0.4, 0.5) is 0 Å². The zero-order valence-corrected chi connectivity index (χ0v) is 42.4. The smallest absolute Gasteiger partial charge is 0.243 e. The van der Waals surface area contributed by atoms with Gasteiger partial charge in [0.2, 0.25) is 64.7 Å². The van der Waals surface area contributed by atoms with Gasteiger partial charge in [0.25, 0.3) is 0 Å². The number of carbonyl (C=O) groups excluding carboxylic acids is 11. The van der Waals surface area contributed by atoms with E-state index in [0.717, 1.165) is 5.56 Å². The predicted octanol–water partition coefficient (Wildman–Crippen LogP) is -1.16. The van der Waals surface area contributed by atoms with Crippen LogP contribution in [0.3, 0.4) is 0 Å². The van der Waals surface area contributed by atoms with Crippen LogP contribution in [0.5, 0.6) is 0 Å². The number of benzene rings is 2. The Morgan fingerprint density at radius 2 is 1.46 bits per heavy atom. The number of hydrazine groups is 1. The van der Waals surface area contributed by atoms with Crippen LogP contribution in [0.25, 0.3) is 0 Å². The average molecular weight is 1020 g/mol. The van der Waals surface area contributed by atoms with E-state index in [1.54, 1.807) is 62.4 Å². The van der Waals surface area contributed by atoms with Gasteiger partial charge in [-0.05, 0) is 54.9 Å². The van der Waals surface area contributed by atoms with Crippen molar-refractivity contribution in [2.45, 2.75) is 129 Å². The van der Waals surface area contributed by atoms with E-state index in [1.165, 1.54) is 16.7 Å². The largest absolute Gasteiger partial charge is 0.370 e. The Morgan fingerprint density at radius 1 is 0.778 bits per heavy atom. The molecule has 2 aromatic rings. The van der Waals surface area contributed by atoms with Gasteiger partial charge in [-0.25, -0.2) is 10.9 Å². The van der Waals surface area contributed by atoms with Crippen LogP contribution in [0.1, 0.15) is 89.3 Å². The molecule has 0 spiro atoms. The summed E-state index contributed by atoms with van der Waals surface area (Å²) < 4.78 is 0. The molecule has 3 rings (SSSR count). The maximum atomic E-state index is 14.9. The molecule has 22 nitrogen and oxygen atoms in total. The number of hydrogen-bond acceptors (Lipinski definition) is 14. The molecular formula is C49H71N11O11S. The molecule has 1 heterocycles. The first-order valence-electron chi connectivity index (χ1n) is 23.9. The van der Waals surface area contributed by atoms with Crippen LogP contribution in [0.2, 0.25) is 0 Å². The minimum absolute atomic E-state index is 0.0334. The molecule has 1 aliphatic heterocycles. The molecule has 23 heteroatoms. The van der Waals surface area contributed by atoms with Gasteiger partial charge in [-0.15, -0.1) is 0 Å². The van der Waals surface area contributed by atoms with Gasteiger partial charge in [0.15, 0.2) is 0 Å². The van der Waals surface area contributed by atoms with Crippen molar-refractivity contribution in [3.63, 3.8) is 0 Å². The summed E-state index contributed by atoms with van der Waals surface area (Å²) in [5.74, 6) is -9.60. The van der Waals surface area contributed by atoms with Crippen LogP contribution in [-0.4, -0.2) is 130 Å². The SMILES string of the molecule is CC[C@H](C)[C@@H]1NC(=O)[C@H](Cc2ccccc2)NC(=O)CCSCC[C@@H](C(=O)N(CC(=O)N[C@@H](CC(C)C)C(=O)NCC(N)=O)Cc2cccc(C)c2)NN[C@@H](CC(N)=O)C(=O)C(=O)[C@H](CCC(N)=O)NC1=O. The molecule has 0 aliphatic carbocycles. The molecule has 0 unspecified atom stereocenters. The number of carbonyl (C=O) groups is 11. The maximum Gasteiger partial charge on any atom is 0.243 e. The van der Waals surface area contributed by atoms with Crippen LogP contribution in [0.15, 0.2) is 54.6 Å². The average Bonchev–Trinajstić information content (AvgIpc) is 3.32. The predicted molar refractivity (Wildman–Crippen MR) is 268 cm³/mol.